The molecule has 2 heterocycles. The van der Waals surface area contributed by atoms with Gasteiger partial charge in [0.1, 0.15) is 11.5 Å². The Balaban J connectivity index is 1.34. The third-order valence-corrected chi connectivity index (χ3v) is 6.03. The second kappa shape index (κ2) is 6.51. The quantitative estimate of drug-likeness (QED) is 0.261. The van der Waals surface area contributed by atoms with Crippen molar-refractivity contribution in [1.82, 2.24) is 5.01 Å². The number of nitro benzene ring substituents is 1. The van der Waals surface area contributed by atoms with Crippen molar-refractivity contribution in [1.29, 1.82) is 0 Å². The van der Waals surface area contributed by atoms with Crippen LogP contribution in [0.1, 0.15) is 18.6 Å². The van der Waals surface area contributed by atoms with E-state index in [9.17, 15) is 19.7 Å². The highest BCUT2D eigenvalue weighted by molar-refractivity contribution is 6.06. The molecule has 6 rings (SSSR count). The van der Waals surface area contributed by atoms with E-state index in [4.69, 9.17) is 4.42 Å². The Kier molecular flexibility index (Phi) is 3.94. The first kappa shape index (κ1) is 17.5. The van der Waals surface area contributed by atoms with E-state index in [0.29, 0.717) is 17.1 Å². The molecule has 1 saturated carbocycles. The third-order valence-electron chi connectivity index (χ3n) is 6.03. The minimum atomic E-state index is -0.465. The number of furan rings is 1. The zero-order chi connectivity index (χ0) is 20.1. The third kappa shape index (κ3) is 2.79. The van der Waals surface area contributed by atoms with Crippen LogP contribution in [0.15, 0.2) is 58.1 Å². The maximum Gasteiger partial charge on any atom is 0.269 e. The van der Waals surface area contributed by atoms with Gasteiger partial charge in [-0.2, -0.15) is 10.1 Å². The van der Waals surface area contributed by atoms with Gasteiger partial charge in [-0.15, -0.1) is 0 Å². The van der Waals surface area contributed by atoms with Crippen LogP contribution in [0.3, 0.4) is 0 Å². The zero-order valence-corrected chi connectivity index (χ0v) is 15.3. The molecule has 8 nitrogen and oxygen atoms in total. The van der Waals surface area contributed by atoms with Crippen molar-refractivity contribution >= 4 is 23.7 Å². The molecular weight excluding hydrogens is 374 g/mol. The largest absolute Gasteiger partial charge is 0.455 e. The number of nitro groups is 1. The number of carbonyl (C=O) groups excluding carboxylic acids is 2. The maximum absolute atomic E-state index is 12.7. The zero-order valence-electron chi connectivity index (χ0n) is 15.3. The number of hydrazone groups is 1. The summed E-state index contributed by atoms with van der Waals surface area (Å²) in [4.78, 5) is 35.8. The van der Waals surface area contributed by atoms with Gasteiger partial charge in [0.15, 0.2) is 0 Å². The Morgan fingerprint density at radius 2 is 1.62 bits per heavy atom. The minimum Gasteiger partial charge on any atom is -0.455 e. The van der Waals surface area contributed by atoms with Gasteiger partial charge in [0.2, 0.25) is 0 Å². The van der Waals surface area contributed by atoms with Crippen molar-refractivity contribution in [3.8, 4) is 11.3 Å². The van der Waals surface area contributed by atoms with Gasteiger partial charge in [-0.05, 0) is 48.9 Å². The number of fused-ring (bicyclic) bond motifs is 1. The number of carbonyl (C=O) groups is 2. The van der Waals surface area contributed by atoms with Crippen LogP contribution < -0.4 is 0 Å². The Morgan fingerprint density at radius 3 is 2.17 bits per heavy atom. The number of benzene rings is 1. The molecule has 1 aromatic heterocycles. The number of hydrogen-bond donors (Lipinski definition) is 0. The van der Waals surface area contributed by atoms with E-state index < -0.39 is 4.92 Å². The average molecular weight is 391 g/mol. The molecule has 0 radical (unpaired) electrons. The number of amides is 2. The number of nitrogens with zero attached hydrogens (tertiary/aromatic N) is 3. The predicted molar refractivity (Wildman–Crippen MR) is 103 cm³/mol. The summed E-state index contributed by atoms with van der Waals surface area (Å²) in [6, 6.07) is 9.37. The minimum absolute atomic E-state index is 0.00178. The molecule has 2 bridgehead atoms. The molecule has 0 spiro atoms. The summed E-state index contributed by atoms with van der Waals surface area (Å²) in [7, 11) is 0. The summed E-state index contributed by atoms with van der Waals surface area (Å²) in [5.74, 6) is 0.0745. The Morgan fingerprint density at radius 1 is 1.00 bits per heavy atom. The van der Waals surface area contributed by atoms with E-state index in [1.165, 1.54) is 18.3 Å². The van der Waals surface area contributed by atoms with Crippen LogP contribution in [0.4, 0.5) is 5.69 Å². The molecule has 2 fully saturated rings. The van der Waals surface area contributed by atoms with Gasteiger partial charge in [0, 0.05) is 17.7 Å². The fraction of sp³-hybridized carbons (Fsp3) is 0.286. The smallest absolute Gasteiger partial charge is 0.269 e. The topological polar surface area (TPSA) is 106 Å². The van der Waals surface area contributed by atoms with Gasteiger partial charge in [-0.3, -0.25) is 19.7 Å². The molecule has 4 aliphatic rings. The summed E-state index contributed by atoms with van der Waals surface area (Å²) in [6.07, 6.45) is 7.37. The lowest BCUT2D eigenvalue weighted by Crippen LogP contribution is -2.38. The van der Waals surface area contributed by atoms with Crippen LogP contribution in [-0.4, -0.2) is 28.0 Å². The van der Waals surface area contributed by atoms with Gasteiger partial charge >= 0.3 is 0 Å². The number of hydrogen-bond acceptors (Lipinski definition) is 6. The van der Waals surface area contributed by atoms with Crippen LogP contribution in [0.5, 0.6) is 0 Å². The van der Waals surface area contributed by atoms with Gasteiger partial charge in [0.05, 0.1) is 23.0 Å². The fourth-order valence-electron chi connectivity index (χ4n) is 4.61. The van der Waals surface area contributed by atoms with Crippen molar-refractivity contribution in [3.05, 3.63) is 64.4 Å². The van der Waals surface area contributed by atoms with E-state index in [-0.39, 0.29) is 41.2 Å². The van der Waals surface area contributed by atoms with Crippen molar-refractivity contribution in [2.24, 2.45) is 28.8 Å². The second-order valence-electron chi connectivity index (χ2n) is 7.58. The summed E-state index contributed by atoms with van der Waals surface area (Å²) < 4.78 is 5.69. The SMILES string of the molecule is O=C1[C@H]2[C@H](C(=O)N1/N=C\c1ccc(-c3ccc([N+](=O)[O-])cc3)o1)[C@@H]1C=C[C@@H]2CC1. The average Bonchev–Trinajstić information content (AvgIpc) is 3.32. The summed E-state index contributed by atoms with van der Waals surface area (Å²) in [6.45, 7) is 0. The molecule has 2 amide bonds. The molecule has 0 N–H and O–H groups in total. The molecule has 3 aliphatic carbocycles. The van der Waals surface area contributed by atoms with E-state index in [0.717, 1.165) is 17.9 Å². The highest BCUT2D eigenvalue weighted by atomic mass is 16.6. The van der Waals surface area contributed by atoms with Gasteiger partial charge < -0.3 is 4.42 Å². The first-order valence-corrected chi connectivity index (χ1v) is 9.48. The number of imide groups is 1. The van der Waals surface area contributed by atoms with Gasteiger partial charge in [-0.1, -0.05) is 12.2 Å². The first-order chi connectivity index (χ1) is 14.0. The predicted octanol–water partition coefficient (Wildman–Crippen LogP) is 3.39. The lowest BCUT2D eigenvalue weighted by atomic mass is 9.63. The van der Waals surface area contributed by atoms with Crippen LogP contribution in [0, 0.1) is 33.8 Å². The van der Waals surface area contributed by atoms with Gasteiger partial charge in [-0.25, -0.2) is 0 Å². The molecule has 4 atom stereocenters. The van der Waals surface area contributed by atoms with Crippen LogP contribution >= 0.6 is 0 Å². The highest BCUT2D eigenvalue weighted by Gasteiger charge is 2.56. The van der Waals surface area contributed by atoms with Crippen molar-refractivity contribution < 1.29 is 18.9 Å². The number of allylic oxidation sites excluding steroid dienone is 2. The lowest BCUT2D eigenvalue weighted by molar-refractivity contribution is -0.384. The van der Waals surface area contributed by atoms with Crippen molar-refractivity contribution in [2.75, 3.05) is 0 Å². The van der Waals surface area contributed by atoms with Crippen molar-refractivity contribution in [3.63, 3.8) is 0 Å². The molecule has 1 aromatic carbocycles. The fourth-order valence-corrected chi connectivity index (χ4v) is 4.61. The van der Waals surface area contributed by atoms with Crippen LogP contribution in [-0.2, 0) is 9.59 Å². The Bertz CT molecular complexity index is 1040. The van der Waals surface area contributed by atoms with E-state index >= 15 is 0 Å². The summed E-state index contributed by atoms with van der Waals surface area (Å²) >= 11 is 0. The molecule has 1 aliphatic heterocycles. The normalized spacial score (nSPS) is 27.8. The summed E-state index contributed by atoms with van der Waals surface area (Å²) in [5.41, 5.74) is 0.676. The molecule has 146 valence electrons. The Labute approximate surface area is 165 Å². The summed E-state index contributed by atoms with van der Waals surface area (Å²) in [5, 5.41) is 15.9. The highest BCUT2D eigenvalue weighted by Crippen LogP contribution is 2.49. The number of non-ortho nitro benzene ring substituents is 1. The monoisotopic (exact) mass is 391 g/mol. The van der Waals surface area contributed by atoms with Gasteiger partial charge in [0.25, 0.3) is 17.5 Å². The van der Waals surface area contributed by atoms with Crippen molar-refractivity contribution in [2.45, 2.75) is 12.8 Å². The molecular formula is C21H17N3O5. The van der Waals surface area contributed by atoms with E-state index in [2.05, 4.69) is 17.3 Å². The second-order valence-corrected chi connectivity index (χ2v) is 7.58. The first-order valence-electron chi connectivity index (χ1n) is 9.48. The van der Waals surface area contributed by atoms with E-state index in [1.54, 1.807) is 24.3 Å². The number of rotatable bonds is 4. The molecule has 29 heavy (non-hydrogen) atoms. The molecule has 1 saturated heterocycles. The van der Waals surface area contributed by atoms with Crippen LogP contribution in [0.25, 0.3) is 11.3 Å². The maximum atomic E-state index is 12.7. The Hall–Kier alpha value is -3.55. The van der Waals surface area contributed by atoms with Crippen LogP contribution in [0.2, 0.25) is 0 Å². The lowest BCUT2D eigenvalue weighted by Gasteiger charge is -2.37. The standard InChI is InChI=1S/C21H17N3O5/c25-20-18-13-1-2-14(4-3-13)19(18)21(26)23(20)22-11-16-9-10-17(29-16)12-5-7-15(8-6-12)24(27)28/h1-2,5-11,13-14,18-19H,3-4H2/b22-11-/t13-,14-,18-,19-/m1/s1. The molecule has 8 heteroatoms. The molecule has 0 unspecified atom stereocenters. The van der Waals surface area contributed by atoms with E-state index in [1.807, 2.05) is 0 Å². The molecule has 2 aromatic rings.